The highest BCUT2D eigenvalue weighted by atomic mass is 19.4. The molecule has 4 rings (SSSR count). The van der Waals surface area contributed by atoms with Gasteiger partial charge in [-0.1, -0.05) is 19.9 Å². The number of aromatic amines is 1. The minimum atomic E-state index is -4.49. The van der Waals surface area contributed by atoms with Crippen LogP contribution in [0.4, 0.5) is 19.0 Å². The van der Waals surface area contributed by atoms with Crippen LogP contribution in [-0.2, 0) is 11.0 Å². The summed E-state index contributed by atoms with van der Waals surface area (Å²) in [6, 6.07) is 8.84. The Kier molecular flexibility index (Phi) is 5.58. The smallest absolute Gasteiger partial charge is 0.416 e. The maximum Gasteiger partial charge on any atom is 0.416 e. The fraction of sp³-hybridized carbons (Fsp3) is 0.304. The summed E-state index contributed by atoms with van der Waals surface area (Å²) in [5.74, 6) is 0.686. The number of anilines is 1. The zero-order chi connectivity index (χ0) is 23.0. The van der Waals surface area contributed by atoms with E-state index in [1.807, 2.05) is 13.8 Å². The third-order valence-electron chi connectivity index (χ3n) is 5.43. The lowest BCUT2D eigenvalue weighted by Gasteiger charge is -2.23. The summed E-state index contributed by atoms with van der Waals surface area (Å²) in [7, 11) is 1.45. The number of nitrogens with one attached hydrogen (secondary N) is 2. The molecule has 2 heterocycles. The van der Waals surface area contributed by atoms with E-state index < -0.39 is 11.7 Å². The number of aromatic nitrogens is 2. The van der Waals surface area contributed by atoms with Gasteiger partial charge in [0, 0.05) is 24.1 Å². The van der Waals surface area contributed by atoms with Crippen LogP contribution in [0.15, 0.2) is 42.6 Å². The number of ether oxygens (including phenoxy) is 2. The van der Waals surface area contributed by atoms with E-state index in [-0.39, 0.29) is 35.7 Å². The first-order valence-electron chi connectivity index (χ1n) is 10.1. The van der Waals surface area contributed by atoms with E-state index in [2.05, 4.69) is 15.5 Å². The number of benzene rings is 2. The second kappa shape index (κ2) is 8.22. The summed E-state index contributed by atoms with van der Waals surface area (Å²) in [6.07, 6.45) is -2.52. The lowest BCUT2D eigenvalue weighted by atomic mass is 9.87. The number of nitrogens with zero attached hydrogens (tertiary/aromatic N) is 1. The van der Waals surface area contributed by atoms with Crippen molar-refractivity contribution < 1.29 is 27.4 Å². The first-order chi connectivity index (χ1) is 15.2. The Morgan fingerprint density at radius 3 is 2.59 bits per heavy atom. The highest BCUT2D eigenvalue weighted by Crippen LogP contribution is 2.41. The van der Waals surface area contributed by atoms with Gasteiger partial charge in [-0.2, -0.15) is 18.3 Å². The van der Waals surface area contributed by atoms with Crippen LogP contribution in [0.1, 0.15) is 54.4 Å². The van der Waals surface area contributed by atoms with E-state index in [0.717, 1.165) is 23.3 Å². The molecule has 0 aliphatic carbocycles. The van der Waals surface area contributed by atoms with E-state index in [0.29, 0.717) is 17.1 Å². The van der Waals surface area contributed by atoms with Gasteiger partial charge in [0.2, 0.25) is 5.91 Å². The second-order valence-electron chi connectivity index (χ2n) is 7.95. The Balaban J connectivity index is 1.68. The molecule has 0 fully saturated rings. The van der Waals surface area contributed by atoms with Crippen LogP contribution >= 0.6 is 0 Å². The topological polar surface area (TPSA) is 76.2 Å². The number of carbonyl (C=O) groups is 1. The number of halogens is 3. The molecule has 9 heteroatoms. The maximum atomic E-state index is 13.4. The Morgan fingerprint density at radius 2 is 1.91 bits per heavy atom. The fourth-order valence-corrected chi connectivity index (χ4v) is 3.73. The molecule has 168 valence electrons. The van der Waals surface area contributed by atoms with Crippen LogP contribution in [0, 0.1) is 0 Å². The van der Waals surface area contributed by atoms with Gasteiger partial charge in [-0.15, -0.1) is 0 Å². The van der Waals surface area contributed by atoms with Crippen LogP contribution in [0.3, 0.4) is 0 Å². The predicted octanol–water partition coefficient (Wildman–Crippen LogP) is 5.83. The van der Waals surface area contributed by atoms with Gasteiger partial charge in [-0.25, -0.2) is 0 Å². The van der Waals surface area contributed by atoms with E-state index in [1.54, 1.807) is 30.5 Å². The lowest BCUT2D eigenvalue weighted by Crippen LogP contribution is -2.22. The second-order valence-corrected chi connectivity index (χ2v) is 7.95. The van der Waals surface area contributed by atoms with Crippen molar-refractivity contribution in [1.82, 2.24) is 10.2 Å². The number of carbonyl (C=O) groups excluding carboxylic acids is 1. The minimum Gasteiger partial charge on any atom is -0.493 e. The molecule has 1 aliphatic heterocycles. The molecular formula is C23H22F3N3O3. The lowest BCUT2D eigenvalue weighted by molar-refractivity contribution is -0.137. The third kappa shape index (κ3) is 4.28. The van der Waals surface area contributed by atoms with Crippen LogP contribution in [-0.4, -0.2) is 23.2 Å². The number of rotatable bonds is 5. The van der Waals surface area contributed by atoms with Crippen molar-refractivity contribution in [2.45, 2.75) is 38.3 Å². The summed E-state index contributed by atoms with van der Waals surface area (Å²) < 4.78 is 51.4. The van der Waals surface area contributed by atoms with Crippen molar-refractivity contribution in [3.63, 3.8) is 0 Å². The molecule has 0 bridgehead atoms. The molecule has 0 radical (unpaired) electrons. The predicted molar refractivity (Wildman–Crippen MR) is 112 cm³/mol. The van der Waals surface area contributed by atoms with Crippen LogP contribution in [0.5, 0.6) is 17.2 Å². The van der Waals surface area contributed by atoms with Gasteiger partial charge in [0.1, 0.15) is 5.75 Å². The zero-order valence-electron chi connectivity index (χ0n) is 17.7. The molecule has 6 nitrogen and oxygen atoms in total. The fourth-order valence-electron chi connectivity index (χ4n) is 3.73. The Hall–Kier alpha value is -3.49. The summed E-state index contributed by atoms with van der Waals surface area (Å²) in [6.45, 7) is 3.64. The van der Waals surface area contributed by atoms with Gasteiger partial charge < -0.3 is 14.8 Å². The Bertz CT molecular complexity index is 1150. The highest BCUT2D eigenvalue weighted by Gasteiger charge is 2.32. The molecule has 2 N–H and O–H groups in total. The van der Waals surface area contributed by atoms with Gasteiger partial charge in [-0.05, 0) is 47.4 Å². The van der Waals surface area contributed by atoms with Crippen LogP contribution < -0.4 is 14.8 Å². The average Bonchev–Trinajstić information content (AvgIpc) is 3.21. The molecule has 1 unspecified atom stereocenters. The molecule has 3 aromatic rings. The van der Waals surface area contributed by atoms with Crippen molar-refractivity contribution in [3.8, 4) is 17.2 Å². The average molecular weight is 445 g/mol. The van der Waals surface area contributed by atoms with E-state index in [9.17, 15) is 18.0 Å². The molecule has 1 aliphatic rings. The van der Waals surface area contributed by atoms with E-state index in [1.165, 1.54) is 7.11 Å². The highest BCUT2D eigenvalue weighted by molar-refractivity contribution is 5.94. The van der Waals surface area contributed by atoms with E-state index >= 15 is 0 Å². The standard InChI is InChI=1S/C23H22F3N3O3/c1-12(2)14-6-15(23(24,25)26)9-16(7-14)32-19-5-4-13(8-20(19)31-3)17-10-21(30)28-22-18(17)11-27-29-22/h4-9,11-12,17H,10H2,1-3H3,(H2,27,28,29,30). The van der Waals surface area contributed by atoms with Crippen LogP contribution in [0.2, 0.25) is 0 Å². The van der Waals surface area contributed by atoms with Crippen molar-refractivity contribution in [1.29, 1.82) is 0 Å². The molecule has 0 saturated heterocycles. The molecule has 1 atom stereocenters. The summed E-state index contributed by atoms with van der Waals surface area (Å²) in [5.41, 5.74) is 1.40. The van der Waals surface area contributed by atoms with E-state index in [4.69, 9.17) is 9.47 Å². The van der Waals surface area contributed by atoms with Crippen molar-refractivity contribution in [2.24, 2.45) is 0 Å². The van der Waals surface area contributed by atoms with Gasteiger partial charge in [0.05, 0.1) is 12.7 Å². The SMILES string of the molecule is COc1cc(C2CC(=O)Nc3n[nH]cc32)ccc1Oc1cc(C(C)C)cc(C(F)(F)F)c1. The van der Waals surface area contributed by atoms with Gasteiger partial charge in [0.15, 0.2) is 17.3 Å². The molecule has 2 aromatic carbocycles. The Labute approximate surface area is 182 Å². The zero-order valence-corrected chi connectivity index (χ0v) is 17.7. The number of alkyl halides is 3. The quantitative estimate of drug-likeness (QED) is 0.518. The molecule has 0 spiro atoms. The first-order valence-corrected chi connectivity index (χ1v) is 10.1. The van der Waals surface area contributed by atoms with Gasteiger partial charge >= 0.3 is 6.18 Å². The summed E-state index contributed by atoms with van der Waals surface area (Å²) in [4.78, 5) is 12.1. The number of methoxy groups -OCH3 is 1. The maximum absolute atomic E-state index is 13.4. The van der Waals surface area contributed by atoms with Crippen molar-refractivity contribution in [2.75, 3.05) is 12.4 Å². The first kappa shape index (κ1) is 21.7. The number of hydrogen-bond acceptors (Lipinski definition) is 4. The van der Waals surface area contributed by atoms with Crippen molar-refractivity contribution in [3.05, 3.63) is 64.8 Å². The van der Waals surface area contributed by atoms with Gasteiger partial charge in [-0.3, -0.25) is 9.89 Å². The number of fused-ring (bicyclic) bond motifs is 1. The molecule has 32 heavy (non-hydrogen) atoms. The van der Waals surface area contributed by atoms with Gasteiger partial charge in [0.25, 0.3) is 0 Å². The molecule has 0 saturated carbocycles. The number of amides is 1. The molecule has 1 amide bonds. The third-order valence-corrected chi connectivity index (χ3v) is 5.43. The van der Waals surface area contributed by atoms with Crippen molar-refractivity contribution >= 4 is 11.7 Å². The summed E-state index contributed by atoms with van der Waals surface area (Å²) >= 11 is 0. The largest absolute Gasteiger partial charge is 0.493 e. The number of hydrogen-bond donors (Lipinski definition) is 2. The number of H-pyrrole nitrogens is 1. The molecular weight excluding hydrogens is 423 g/mol. The minimum absolute atomic E-state index is 0.0729. The normalized spacial score (nSPS) is 16.0. The monoisotopic (exact) mass is 445 g/mol. The van der Waals surface area contributed by atoms with Crippen LogP contribution in [0.25, 0.3) is 0 Å². The summed E-state index contributed by atoms with van der Waals surface area (Å²) in [5, 5.41) is 9.51. The Morgan fingerprint density at radius 1 is 1.12 bits per heavy atom. The molecule has 1 aromatic heterocycles.